The Kier molecular flexibility index (Phi) is 4.66. The second-order valence-corrected chi connectivity index (χ2v) is 5.49. The Labute approximate surface area is 129 Å². The number of non-ortho nitro benzene ring substituents is 1. The molecule has 1 aromatic carbocycles. The van der Waals surface area contributed by atoms with E-state index < -0.39 is 9.85 Å². The Morgan fingerprint density at radius 1 is 1.05 bits per heavy atom. The molecule has 0 spiro atoms. The molecule has 0 aliphatic carbocycles. The molecule has 0 saturated carbocycles. The summed E-state index contributed by atoms with van der Waals surface area (Å²) in [5.74, 6) is 0.261. The van der Waals surface area contributed by atoms with Crippen LogP contribution in [0.3, 0.4) is 0 Å². The molecule has 0 N–H and O–H groups in total. The van der Waals surface area contributed by atoms with Gasteiger partial charge in [-0.3, -0.25) is 20.2 Å². The molecule has 0 atom stereocenters. The molecule has 0 unspecified atom stereocenters. The minimum absolute atomic E-state index is 0.261. The highest BCUT2D eigenvalue weighted by Gasteiger charge is 2.19. The van der Waals surface area contributed by atoms with E-state index in [0.717, 1.165) is 17.5 Å². The molecule has 9 heteroatoms. The fourth-order valence-electron chi connectivity index (χ4n) is 1.86. The number of hydrogen-bond donors (Lipinski definition) is 0. The first kappa shape index (κ1) is 15.8. The largest absolute Gasteiger partial charge is 0.280 e. The Morgan fingerprint density at radius 2 is 1.68 bits per heavy atom. The first-order chi connectivity index (χ1) is 10.4. The van der Waals surface area contributed by atoms with Crippen molar-refractivity contribution in [1.82, 2.24) is 9.97 Å². The Morgan fingerprint density at radius 3 is 2.23 bits per heavy atom. The quantitative estimate of drug-likeness (QED) is 0.360. The molecule has 0 aliphatic heterocycles. The number of nitrogens with zero attached hydrogens (tertiary/aromatic N) is 4. The summed E-state index contributed by atoms with van der Waals surface area (Å²) in [6.07, 6.45) is 0. The molecule has 2 rings (SSSR count). The van der Waals surface area contributed by atoms with E-state index in [0.29, 0.717) is 10.7 Å². The lowest BCUT2D eigenvalue weighted by molar-refractivity contribution is -0.394. The molecule has 0 amide bonds. The van der Waals surface area contributed by atoms with Crippen LogP contribution in [0, 0.1) is 34.1 Å². The summed E-state index contributed by atoms with van der Waals surface area (Å²) in [6.45, 7) is 3.68. The van der Waals surface area contributed by atoms with E-state index in [9.17, 15) is 20.2 Å². The number of aromatic nitrogens is 2. The number of hydrogen-bond acceptors (Lipinski definition) is 7. The number of nitro benzene ring substituents is 2. The number of aryl methyl sites for hydroxylation is 2. The van der Waals surface area contributed by atoms with Crippen molar-refractivity contribution < 1.29 is 9.85 Å². The molecule has 22 heavy (non-hydrogen) atoms. The van der Waals surface area contributed by atoms with E-state index in [2.05, 4.69) is 9.97 Å². The van der Waals surface area contributed by atoms with Crippen LogP contribution < -0.4 is 0 Å². The van der Waals surface area contributed by atoms with Crippen LogP contribution in [0.4, 0.5) is 11.4 Å². The van der Waals surface area contributed by atoms with Gasteiger partial charge in [0.25, 0.3) is 11.4 Å². The van der Waals surface area contributed by atoms with Gasteiger partial charge in [-0.15, -0.1) is 0 Å². The maximum absolute atomic E-state index is 11.1. The predicted octanol–water partition coefficient (Wildman–Crippen LogP) is 3.20. The summed E-state index contributed by atoms with van der Waals surface area (Å²) in [7, 11) is 0. The number of rotatable bonds is 5. The highest BCUT2D eigenvalue weighted by atomic mass is 32.2. The molecule has 0 bridgehead atoms. The first-order valence-corrected chi connectivity index (χ1v) is 7.22. The molecule has 0 fully saturated rings. The average Bonchev–Trinajstić information content (AvgIpc) is 2.43. The lowest BCUT2D eigenvalue weighted by Gasteiger charge is -2.04. The molecule has 0 saturated heterocycles. The number of benzene rings is 1. The lowest BCUT2D eigenvalue weighted by atomic mass is 10.2. The minimum atomic E-state index is -0.656. The zero-order valence-electron chi connectivity index (χ0n) is 11.8. The van der Waals surface area contributed by atoms with Crippen molar-refractivity contribution in [3.8, 4) is 0 Å². The molecule has 1 heterocycles. The number of thioether (sulfide) groups is 1. The standard InChI is InChI=1S/C13H12N4O4S/c1-8-5-9(2)15-13(14-8)22-7-10-3-4-11(16(18)19)6-12(10)17(20)21/h3-6H,7H2,1-2H3. The van der Waals surface area contributed by atoms with Gasteiger partial charge in [-0.2, -0.15) is 0 Å². The van der Waals surface area contributed by atoms with Gasteiger partial charge in [0, 0.05) is 28.8 Å². The molecular formula is C13H12N4O4S. The number of nitro groups is 2. The molecule has 8 nitrogen and oxygen atoms in total. The van der Waals surface area contributed by atoms with Crippen LogP contribution >= 0.6 is 11.8 Å². The van der Waals surface area contributed by atoms with Crippen molar-refractivity contribution in [2.24, 2.45) is 0 Å². The van der Waals surface area contributed by atoms with E-state index in [1.165, 1.54) is 23.9 Å². The maximum atomic E-state index is 11.1. The van der Waals surface area contributed by atoms with Gasteiger partial charge in [-0.1, -0.05) is 11.8 Å². The summed E-state index contributed by atoms with van der Waals surface area (Å²) in [6, 6.07) is 5.45. The van der Waals surface area contributed by atoms with Gasteiger partial charge in [0.1, 0.15) is 0 Å². The summed E-state index contributed by atoms with van der Waals surface area (Å²) in [4.78, 5) is 29.0. The SMILES string of the molecule is Cc1cc(C)nc(SCc2ccc([N+](=O)[O-])cc2[N+](=O)[O-])n1. The molecule has 1 aromatic heterocycles. The third kappa shape index (κ3) is 3.76. The Hall–Kier alpha value is -2.55. The van der Waals surface area contributed by atoms with Gasteiger partial charge < -0.3 is 0 Å². The van der Waals surface area contributed by atoms with E-state index in [-0.39, 0.29) is 17.1 Å². The van der Waals surface area contributed by atoms with Crippen molar-refractivity contribution in [3.63, 3.8) is 0 Å². The monoisotopic (exact) mass is 320 g/mol. The van der Waals surface area contributed by atoms with Crippen LogP contribution in [-0.4, -0.2) is 19.8 Å². The van der Waals surface area contributed by atoms with Gasteiger partial charge in [0.2, 0.25) is 0 Å². The smallest absolute Gasteiger partial charge is 0.258 e. The van der Waals surface area contributed by atoms with Crippen LogP contribution in [0.25, 0.3) is 0 Å². The highest BCUT2D eigenvalue weighted by molar-refractivity contribution is 7.98. The van der Waals surface area contributed by atoms with Gasteiger partial charge in [-0.25, -0.2) is 9.97 Å². The second-order valence-electron chi connectivity index (χ2n) is 4.55. The van der Waals surface area contributed by atoms with Crippen LogP contribution in [-0.2, 0) is 5.75 Å². The van der Waals surface area contributed by atoms with Crippen LogP contribution in [0.5, 0.6) is 0 Å². The fraction of sp³-hybridized carbons (Fsp3) is 0.231. The summed E-state index contributed by atoms with van der Waals surface area (Å²) in [5, 5.41) is 22.3. The van der Waals surface area contributed by atoms with Crippen molar-refractivity contribution in [2.45, 2.75) is 24.8 Å². The second kappa shape index (κ2) is 6.48. The Balaban J connectivity index is 2.25. The molecule has 0 aliphatic rings. The van der Waals surface area contributed by atoms with Crippen LogP contribution in [0.1, 0.15) is 17.0 Å². The summed E-state index contributed by atoms with van der Waals surface area (Å²) >= 11 is 1.25. The zero-order chi connectivity index (χ0) is 16.3. The molecular weight excluding hydrogens is 308 g/mol. The van der Waals surface area contributed by atoms with Crippen LogP contribution in [0.15, 0.2) is 29.4 Å². The van der Waals surface area contributed by atoms with Gasteiger partial charge in [0.15, 0.2) is 5.16 Å². The lowest BCUT2D eigenvalue weighted by Crippen LogP contribution is -1.98. The van der Waals surface area contributed by atoms with Gasteiger partial charge in [0.05, 0.1) is 15.9 Å². The normalized spacial score (nSPS) is 10.5. The van der Waals surface area contributed by atoms with Crippen molar-refractivity contribution >= 4 is 23.1 Å². The highest BCUT2D eigenvalue weighted by Crippen LogP contribution is 2.29. The minimum Gasteiger partial charge on any atom is -0.258 e. The molecule has 2 aromatic rings. The van der Waals surface area contributed by atoms with E-state index in [1.807, 2.05) is 19.9 Å². The summed E-state index contributed by atoms with van der Waals surface area (Å²) < 4.78 is 0. The maximum Gasteiger partial charge on any atom is 0.280 e. The van der Waals surface area contributed by atoms with Crippen molar-refractivity contribution in [1.29, 1.82) is 0 Å². The van der Waals surface area contributed by atoms with E-state index in [4.69, 9.17) is 0 Å². The molecule has 114 valence electrons. The van der Waals surface area contributed by atoms with E-state index in [1.54, 1.807) is 0 Å². The zero-order valence-corrected chi connectivity index (χ0v) is 12.7. The molecule has 0 radical (unpaired) electrons. The van der Waals surface area contributed by atoms with Gasteiger partial charge >= 0.3 is 0 Å². The van der Waals surface area contributed by atoms with Crippen LogP contribution in [0.2, 0.25) is 0 Å². The third-order valence-corrected chi connectivity index (χ3v) is 3.69. The van der Waals surface area contributed by atoms with Crippen molar-refractivity contribution in [2.75, 3.05) is 0 Å². The van der Waals surface area contributed by atoms with Gasteiger partial charge in [-0.05, 0) is 26.0 Å². The first-order valence-electron chi connectivity index (χ1n) is 6.23. The van der Waals surface area contributed by atoms with Crippen molar-refractivity contribution in [3.05, 3.63) is 61.4 Å². The fourth-order valence-corrected chi connectivity index (χ4v) is 2.80. The third-order valence-electron chi connectivity index (χ3n) is 2.79. The average molecular weight is 320 g/mol. The van der Waals surface area contributed by atoms with E-state index >= 15 is 0 Å². The topological polar surface area (TPSA) is 112 Å². The Bertz CT molecular complexity index is 731. The summed E-state index contributed by atoms with van der Waals surface area (Å²) in [5.41, 5.74) is 1.44. The predicted molar refractivity (Wildman–Crippen MR) is 80.8 cm³/mol.